The summed E-state index contributed by atoms with van der Waals surface area (Å²) in [7, 11) is 0.922. The van der Waals surface area contributed by atoms with E-state index in [4.69, 9.17) is 18.9 Å². The summed E-state index contributed by atoms with van der Waals surface area (Å²) in [6.45, 7) is 0. The molecule has 0 bridgehead atoms. The van der Waals surface area contributed by atoms with Crippen LogP contribution in [0.5, 0.6) is 23.0 Å². The average molecular weight is 483 g/mol. The van der Waals surface area contributed by atoms with E-state index >= 15 is 0 Å². The van der Waals surface area contributed by atoms with Crippen molar-refractivity contribution in [3.63, 3.8) is 0 Å². The van der Waals surface area contributed by atoms with Crippen molar-refractivity contribution in [2.75, 3.05) is 0 Å². The summed E-state index contributed by atoms with van der Waals surface area (Å²) in [5, 5.41) is 0. The van der Waals surface area contributed by atoms with Gasteiger partial charge in [0.2, 0.25) is 11.8 Å². The second-order valence-electron chi connectivity index (χ2n) is 7.30. The summed E-state index contributed by atoms with van der Waals surface area (Å²) in [5.41, 5.74) is 0. The molecule has 170 valence electrons. The third kappa shape index (κ3) is 8.13. The van der Waals surface area contributed by atoms with Gasteiger partial charge >= 0.3 is 0 Å². The molecule has 0 aliphatic carbocycles. The van der Waals surface area contributed by atoms with Crippen molar-refractivity contribution in [2.24, 2.45) is 0 Å². The fourth-order valence-corrected chi connectivity index (χ4v) is 5.59. The molecule has 4 nitrogen and oxygen atoms in total. The summed E-state index contributed by atoms with van der Waals surface area (Å²) in [6.07, 6.45) is 0. The average Bonchev–Trinajstić information content (AvgIpc) is 2.89. The minimum Gasteiger partial charge on any atom is -0.460 e. The third-order valence-electron chi connectivity index (χ3n) is 4.69. The summed E-state index contributed by atoms with van der Waals surface area (Å²) in [5.74, 6) is 2.51. The van der Waals surface area contributed by atoms with Crippen LogP contribution in [0.4, 0.5) is 0 Å². The van der Waals surface area contributed by atoms with Gasteiger partial charge in [0.05, 0.1) is 0 Å². The van der Waals surface area contributed by atoms with E-state index in [0.29, 0.717) is 19.0 Å². The van der Waals surface area contributed by atoms with Gasteiger partial charge in [0.1, 0.15) is 23.0 Å². The molecule has 4 radical (unpaired) electrons. The van der Waals surface area contributed by atoms with Crippen molar-refractivity contribution in [1.29, 1.82) is 0 Å². The van der Waals surface area contributed by atoms with Crippen LogP contribution in [-0.4, -0.2) is 30.9 Å². The Kier molecular flexibility index (Phi) is 9.24. The van der Waals surface area contributed by atoms with Crippen LogP contribution in [0.15, 0.2) is 121 Å². The number of hydrogen-bond acceptors (Lipinski definition) is 4. The molecule has 34 heavy (non-hydrogen) atoms. The normalized spacial score (nSPS) is 10.8. The minimum absolute atomic E-state index is 0.349. The minimum atomic E-state index is -0.349. The SMILES string of the molecule is c1ccc(OC(Oc2ccccc2)[Si]CC[Si]C(Oc2ccccc2)Oc2ccccc2)cc1. The zero-order chi connectivity index (χ0) is 23.3. The molecule has 6 heteroatoms. The van der Waals surface area contributed by atoms with Gasteiger partial charge in [0.15, 0.2) is 19.0 Å². The highest BCUT2D eigenvalue weighted by molar-refractivity contribution is 6.43. The molecule has 0 fully saturated rings. The fraction of sp³-hybridized carbons (Fsp3) is 0.143. The molecule has 4 rings (SSSR count). The molecular formula is C28H26O4Si2. The Morgan fingerprint density at radius 1 is 0.382 bits per heavy atom. The number of benzene rings is 4. The Morgan fingerprint density at radius 3 is 0.853 bits per heavy atom. The van der Waals surface area contributed by atoms with Crippen LogP contribution < -0.4 is 18.9 Å². The van der Waals surface area contributed by atoms with Gasteiger partial charge in [0, 0.05) is 0 Å². The molecule has 0 N–H and O–H groups in total. The third-order valence-corrected chi connectivity index (χ3v) is 7.41. The van der Waals surface area contributed by atoms with E-state index in [1.165, 1.54) is 0 Å². The summed E-state index contributed by atoms with van der Waals surface area (Å²) in [6, 6.07) is 41.1. The van der Waals surface area contributed by atoms with Crippen molar-refractivity contribution in [3.8, 4) is 23.0 Å². The van der Waals surface area contributed by atoms with Gasteiger partial charge in [-0.15, -0.1) is 0 Å². The van der Waals surface area contributed by atoms with Crippen LogP contribution in [0, 0.1) is 0 Å². The Labute approximate surface area is 206 Å². The molecule has 4 aromatic rings. The van der Waals surface area contributed by atoms with Gasteiger partial charge in [-0.2, -0.15) is 0 Å². The Hall–Kier alpha value is -3.49. The number of ether oxygens (including phenoxy) is 4. The molecule has 0 aromatic heterocycles. The predicted molar refractivity (Wildman–Crippen MR) is 137 cm³/mol. The van der Waals surface area contributed by atoms with Gasteiger partial charge in [-0.3, -0.25) is 0 Å². The Bertz CT molecular complexity index is 895. The van der Waals surface area contributed by atoms with E-state index in [1.807, 2.05) is 121 Å². The van der Waals surface area contributed by atoms with Crippen LogP contribution in [0.2, 0.25) is 12.1 Å². The highest BCUT2D eigenvalue weighted by Gasteiger charge is 2.17. The lowest BCUT2D eigenvalue weighted by Gasteiger charge is -2.22. The standard InChI is InChI=1S/C28H26O4Si2/c1-5-13-23(14-6-1)29-27(30-24-15-7-2-8-16-24)33-21-22-34-28(31-25-17-9-3-10-18-25)32-26-19-11-4-12-20-26/h1-20,27-28H,21-22H2. The van der Waals surface area contributed by atoms with Crippen molar-refractivity contribution < 1.29 is 18.9 Å². The number of rotatable bonds is 13. The van der Waals surface area contributed by atoms with Crippen LogP contribution in [0.3, 0.4) is 0 Å². The molecule has 4 aromatic carbocycles. The monoisotopic (exact) mass is 482 g/mol. The van der Waals surface area contributed by atoms with Crippen molar-refractivity contribution in [2.45, 2.75) is 23.9 Å². The first-order valence-electron chi connectivity index (χ1n) is 11.2. The molecule has 0 saturated heterocycles. The smallest absolute Gasteiger partial charge is 0.215 e. The molecule has 0 spiro atoms. The zero-order valence-corrected chi connectivity index (χ0v) is 20.7. The van der Waals surface area contributed by atoms with Gasteiger partial charge in [-0.1, -0.05) is 84.9 Å². The summed E-state index contributed by atoms with van der Waals surface area (Å²) >= 11 is 0. The highest BCUT2D eigenvalue weighted by atomic mass is 28.2. The maximum Gasteiger partial charge on any atom is 0.215 e. The molecule has 0 unspecified atom stereocenters. The lowest BCUT2D eigenvalue weighted by atomic mass is 10.3. The largest absolute Gasteiger partial charge is 0.460 e. The summed E-state index contributed by atoms with van der Waals surface area (Å²) < 4.78 is 24.6. The second kappa shape index (κ2) is 13.3. The fourth-order valence-electron chi connectivity index (χ4n) is 3.09. The molecule has 0 aliphatic heterocycles. The van der Waals surface area contributed by atoms with Crippen LogP contribution >= 0.6 is 0 Å². The zero-order valence-electron chi connectivity index (χ0n) is 18.7. The maximum atomic E-state index is 6.15. The van der Waals surface area contributed by atoms with Gasteiger partial charge in [-0.25, -0.2) is 0 Å². The van der Waals surface area contributed by atoms with Gasteiger partial charge in [0.25, 0.3) is 0 Å². The molecule has 0 aliphatic rings. The van der Waals surface area contributed by atoms with Gasteiger partial charge < -0.3 is 18.9 Å². The molecule has 0 atom stereocenters. The number of para-hydroxylation sites is 4. The van der Waals surface area contributed by atoms with Crippen molar-refractivity contribution >= 4 is 19.0 Å². The first-order valence-corrected chi connectivity index (χ1v) is 13.8. The molecular weight excluding hydrogens is 456 g/mol. The van der Waals surface area contributed by atoms with E-state index in [-0.39, 0.29) is 11.8 Å². The lowest BCUT2D eigenvalue weighted by Crippen LogP contribution is -2.33. The molecule has 0 amide bonds. The highest BCUT2D eigenvalue weighted by Crippen LogP contribution is 2.18. The predicted octanol–water partition coefficient (Wildman–Crippen LogP) is 6.11. The maximum absolute atomic E-state index is 6.15. The van der Waals surface area contributed by atoms with Crippen molar-refractivity contribution in [3.05, 3.63) is 121 Å². The molecule has 0 saturated carbocycles. The lowest BCUT2D eigenvalue weighted by molar-refractivity contribution is 0.0716. The van der Waals surface area contributed by atoms with Crippen LogP contribution in [0.1, 0.15) is 0 Å². The van der Waals surface area contributed by atoms with E-state index < -0.39 is 0 Å². The molecule has 0 heterocycles. The van der Waals surface area contributed by atoms with Crippen LogP contribution in [-0.2, 0) is 0 Å². The Morgan fingerprint density at radius 2 is 0.618 bits per heavy atom. The topological polar surface area (TPSA) is 36.9 Å². The van der Waals surface area contributed by atoms with E-state index in [2.05, 4.69) is 0 Å². The first kappa shape index (κ1) is 23.7. The second-order valence-corrected chi connectivity index (χ2v) is 10.1. The summed E-state index contributed by atoms with van der Waals surface area (Å²) in [4.78, 5) is 0. The first-order chi connectivity index (χ1) is 16.8. The quantitative estimate of drug-likeness (QED) is 0.131. The van der Waals surface area contributed by atoms with E-state index in [0.717, 1.165) is 35.1 Å². The Balaban J connectivity index is 1.34. The van der Waals surface area contributed by atoms with Gasteiger partial charge in [-0.05, 0) is 48.5 Å². The van der Waals surface area contributed by atoms with E-state index in [1.54, 1.807) is 0 Å². The van der Waals surface area contributed by atoms with Crippen molar-refractivity contribution in [1.82, 2.24) is 0 Å². The van der Waals surface area contributed by atoms with Crippen LogP contribution in [0.25, 0.3) is 0 Å². The van der Waals surface area contributed by atoms with E-state index in [9.17, 15) is 0 Å². The number of hydrogen-bond donors (Lipinski definition) is 0.